The molecule has 0 aliphatic carbocycles. The lowest BCUT2D eigenvalue weighted by molar-refractivity contribution is 0.171. The van der Waals surface area contributed by atoms with Crippen LogP contribution in [0.4, 0.5) is 0 Å². The largest absolute Gasteiger partial charge is 0.497 e. The van der Waals surface area contributed by atoms with Gasteiger partial charge in [-0.25, -0.2) is 0 Å². The summed E-state index contributed by atoms with van der Waals surface area (Å²) in [6.45, 7) is 0.115. The van der Waals surface area contributed by atoms with E-state index in [1.54, 1.807) is 18.7 Å². The number of methoxy groups -OCH3 is 2. The first-order valence-electron chi connectivity index (χ1n) is 7.12. The second-order valence-electron chi connectivity index (χ2n) is 5.31. The Bertz CT molecular complexity index is 1010. The van der Waals surface area contributed by atoms with Crippen LogP contribution < -0.4 is 24.5 Å². The Hall–Kier alpha value is -2.89. The molecule has 2 heterocycles. The van der Waals surface area contributed by atoms with Crippen LogP contribution in [0.3, 0.4) is 0 Å². The van der Waals surface area contributed by atoms with Crippen molar-refractivity contribution in [2.75, 3.05) is 21.0 Å². The van der Waals surface area contributed by atoms with Gasteiger partial charge in [-0.1, -0.05) is 0 Å². The van der Waals surface area contributed by atoms with Gasteiger partial charge in [0.25, 0.3) is 5.56 Å². The molecule has 0 amide bonds. The molecule has 0 radical (unpaired) electrons. The first kappa shape index (κ1) is 13.8. The van der Waals surface area contributed by atoms with Crippen molar-refractivity contribution < 1.29 is 18.9 Å². The topological polar surface area (TPSA) is 58.9 Å². The molecular weight excluding hydrogens is 298 g/mol. The van der Waals surface area contributed by atoms with Crippen LogP contribution in [0, 0.1) is 0 Å². The third-order valence-corrected chi connectivity index (χ3v) is 4.20. The van der Waals surface area contributed by atoms with E-state index in [1.807, 2.05) is 24.3 Å². The van der Waals surface area contributed by atoms with Gasteiger partial charge in [-0.05, 0) is 24.3 Å². The summed E-state index contributed by atoms with van der Waals surface area (Å²) in [6.07, 6.45) is 0. The van der Waals surface area contributed by atoms with E-state index in [0.717, 1.165) is 16.3 Å². The van der Waals surface area contributed by atoms with Crippen molar-refractivity contribution in [2.45, 2.75) is 0 Å². The molecule has 0 unspecified atom stereocenters. The van der Waals surface area contributed by atoms with Crippen molar-refractivity contribution in [2.24, 2.45) is 7.05 Å². The van der Waals surface area contributed by atoms with Gasteiger partial charge >= 0.3 is 0 Å². The molecule has 118 valence electrons. The predicted octanol–water partition coefficient (Wildman–Crippen LogP) is 2.44. The highest BCUT2D eigenvalue weighted by Crippen LogP contribution is 2.46. The van der Waals surface area contributed by atoms with E-state index in [9.17, 15) is 4.79 Å². The van der Waals surface area contributed by atoms with E-state index in [2.05, 4.69) is 0 Å². The molecule has 23 heavy (non-hydrogen) atoms. The molecule has 1 aliphatic rings. The zero-order valence-electron chi connectivity index (χ0n) is 13.0. The molecule has 6 nitrogen and oxygen atoms in total. The Morgan fingerprint density at radius 3 is 2.65 bits per heavy atom. The number of hydrogen-bond donors (Lipinski definition) is 0. The Balaban J connectivity index is 2.28. The van der Waals surface area contributed by atoms with E-state index in [0.29, 0.717) is 28.4 Å². The summed E-state index contributed by atoms with van der Waals surface area (Å²) in [5.74, 6) is 2.17. The van der Waals surface area contributed by atoms with Crippen molar-refractivity contribution in [3.63, 3.8) is 0 Å². The summed E-state index contributed by atoms with van der Waals surface area (Å²) < 4.78 is 23.3. The van der Waals surface area contributed by atoms with Crippen LogP contribution >= 0.6 is 0 Å². The summed E-state index contributed by atoms with van der Waals surface area (Å²) in [5.41, 5.74) is 0.664. The van der Waals surface area contributed by atoms with E-state index in [4.69, 9.17) is 18.9 Å². The van der Waals surface area contributed by atoms with E-state index in [1.165, 1.54) is 7.11 Å². The van der Waals surface area contributed by atoms with Crippen LogP contribution in [0.5, 0.6) is 23.0 Å². The van der Waals surface area contributed by atoms with Gasteiger partial charge in [-0.3, -0.25) is 4.79 Å². The lowest BCUT2D eigenvalue weighted by atomic mass is 10.0. The normalized spacial score (nSPS) is 12.8. The Labute approximate surface area is 131 Å². The first-order chi connectivity index (χ1) is 11.2. The summed E-state index contributed by atoms with van der Waals surface area (Å²) in [6, 6.07) is 7.42. The van der Waals surface area contributed by atoms with Crippen LogP contribution in [0.1, 0.15) is 0 Å². The Morgan fingerprint density at radius 2 is 1.91 bits per heavy atom. The second kappa shape index (κ2) is 4.81. The molecule has 0 spiro atoms. The molecule has 1 aliphatic heterocycles. The zero-order chi connectivity index (χ0) is 16.1. The molecule has 0 saturated heterocycles. The lowest BCUT2D eigenvalue weighted by Gasteiger charge is -2.14. The SMILES string of the molecule is COc1ccc2c(c1)c1cc3c(c(OC)c1c(=O)n2C)OCO3. The summed E-state index contributed by atoms with van der Waals surface area (Å²) in [5, 5.41) is 2.11. The number of nitrogens with zero attached hydrogens (tertiary/aromatic N) is 1. The second-order valence-corrected chi connectivity index (χ2v) is 5.31. The fourth-order valence-electron chi connectivity index (χ4n) is 3.06. The van der Waals surface area contributed by atoms with Gasteiger partial charge in [0.1, 0.15) is 5.75 Å². The highest BCUT2D eigenvalue weighted by Gasteiger charge is 2.25. The zero-order valence-corrected chi connectivity index (χ0v) is 13.0. The van der Waals surface area contributed by atoms with Gasteiger partial charge in [0, 0.05) is 17.8 Å². The molecule has 2 aromatic carbocycles. The minimum absolute atomic E-state index is 0.115. The van der Waals surface area contributed by atoms with E-state index >= 15 is 0 Å². The molecule has 0 N–H and O–H groups in total. The molecule has 3 aromatic rings. The monoisotopic (exact) mass is 313 g/mol. The molecule has 0 fully saturated rings. The lowest BCUT2D eigenvalue weighted by Crippen LogP contribution is -2.18. The number of aryl methyl sites for hydroxylation is 1. The van der Waals surface area contributed by atoms with Gasteiger partial charge < -0.3 is 23.5 Å². The van der Waals surface area contributed by atoms with Gasteiger partial charge in [0.05, 0.1) is 25.1 Å². The number of pyridine rings is 1. The van der Waals surface area contributed by atoms with Gasteiger partial charge in [0.2, 0.25) is 12.5 Å². The average molecular weight is 313 g/mol. The van der Waals surface area contributed by atoms with Gasteiger partial charge in [0.15, 0.2) is 11.5 Å². The molecule has 0 bridgehead atoms. The third kappa shape index (κ3) is 1.78. The number of rotatable bonds is 2. The maximum atomic E-state index is 12.8. The summed E-state index contributed by atoms with van der Waals surface area (Å²) in [4.78, 5) is 12.8. The van der Waals surface area contributed by atoms with Crippen LogP contribution in [0.2, 0.25) is 0 Å². The van der Waals surface area contributed by atoms with Crippen molar-refractivity contribution in [3.05, 3.63) is 34.6 Å². The molecule has 0 atom stereocenters. The van der Waals surface area contributed by atoms with Gasteiger partial charge in [-0.15, -0.1) is 0 Å². The fraction of sp³-hybridized carbons (Fsp3) is 0.235. The highest BCUT2D eigenvalue weighted by atomic mass is 16.7. The van der Waals surface area contributed by atoms with E-state index in [-0.39, 0.29) is 12.4 Å². The molecule has 0 saturated carbocycles. The van der Waals surface area contributed by atoms with Crippen molar-refractivity contribution >= 4 is 21.7 Å². The predicted molar refractivity (Wildman–Crippen MR) is 85.9 cm³/mol. The van der Waals surface area contributed by atoms with Crippen LogP contribution in [-0.4, -0.2) is 25.6 Å². The maximum Gasteiger partial charge on any atom is 0.262 e. The fourth-order valence-corrected chi connectivity index (χ4v) is 3.06. The molecule has 1 aromatic heterocycles. The molecule has 4 rings (SSSR count). The van der Waals surface area contributed by atoms with Crippen molar-refractivity contribution in [1.29, 1.82) is 0 Å². The van der Waals surface area contributed by atoms with Gasteiger partial charge in [-0.2, -0.15) is 0 Å². The number of benzene rings is 2. The number of fused-ring (bicyclic) bond motifs is 4. The number of hydrogen-bond acceptors (Lipinski definition) is 5. The minimum Gasteiger partial charge on any atom is -0.497 e. The van der Waals surface area contributed by atoms with Crippen LogP contribution in [0.15, 0.2) is 29.1 Å². The van der Waals surface area contributed by atoms with E-state index < -0.39 is 0 Å². The Morgan fingerprint density at radius 1 is 1.09 bits per heavy atom. The average Bonchev–Trinajstić information content (AvgIpc) is 3.05. The maximum absolute atomic E-state index is 12.8. The van der Waals surface area contributed by atoms with Crippen LogP contribution in [0.25, 0.3) is 21.7 Å². The third-order valence-electron chi connectivity index (χ3n) is 4.20. The summed E-state index contributed by atoms with van der Waals surface area (Å²) in [7, 11) is 4.87. The Kier molecular flexibility index (Phi) is 2.87. The minimum atomic E-state index is -0.146. The summed E-state index contributed by atoms with van der Waals surface area (Å²) >= 11 is 0. The molecular formula is C17H15NO5. The number of aromatic nitrogens is 1. The first-order valence-corrected chi connectivity index (χ1v) is 7.12. The van der Waals surface area contributed by atoms with Crippen LogP contribution in [-0.2, 0) is 7.05 Å². The van der Waals surface area contributed by atoms with Crippen molar-refractivity contribution in [3.8, 4) is 23.0 Å². The molecule has 6 heteroatoms. The van der Waals surface area contributed by atoms with Crippen molar-refractivity contribution in [1.82, 2.24) is 4.57 Å². The highest BCUT2D eigenvalue weighted by molar-refractivity contribution is 6.09. The standard InChI is InChI=1S/C17H15NO5/c1-18-12-5-4-9(20-2)6-10(12)11-7-13-15(23-8-22-13)16(21-3)14(11)17(18)19/h4-7H,8H2,1-3H3. The smallest absolute Gasteiger partial charge is 0.262 e. The number of ether oxygens (including phenoxy) is 4. The quantitative estimate of drug-likeness (QED) is 0.680.